The van der Waals surface area contributed by atoms with Crippen molar-refractivity contribution < 1.29 is 17.9 Å². The summed E-state index contributed by atoms with van der Waals surface area (Å²) >= 11 is 1.49. The average molecular weight is 490 g/mol. The molecule has 2 saturated heterocycles. The SMILES string of the molecule is Cc1ccc(C)c(SCC(=O)Nc2cc(S(=O)(=O)N3CCOCC3)ccc2N2CCCC2)c1. The first kappa shape index (κ1) is 24.1. The summed E-state index contributed by atoms with van der Waals surface area (Å²) in [5.41, 5.74) is 3.71. The van der Waals surface area contributed by atoms with E-state index in [0.29, 0.717) is 32.0 Å². The number of benzene rings is 2. The molecule has 1 amide bonds. The molecule has 0 spiro atoms. The van der Waals surface area contributed by atoms with Crippen LogP contribution in [0.2, 0.25) is 0 Å². The number of carbonyl (C=O) groups is 1. The molecule has 0 saturated carbocycles. The number of ether oxygens (including phenoxy) is 1. The molecule has 0 unspecified atom stereocenters. The van der Waals surface area contributed by atoms with Gasteiger partial charge in [-0.15, -0.1) is 11.8 Å². The molecule has 2 heterocycles. The summed E-state index contributed by atoms with van der Waals surface area (Å²) in [6.45, 7) is 7.33. The minimum atomic E-state index is -3.65. The van der Waals surface area contributed by atoms with E-state index >= 15 is 0 Å². The Hall–Kier alpha value is -2.07. The molecule has 4 rings (SSSR count). The normalized spacial score (nSPS) is 17.3. The zero-order valence-corrected chi connectivity index (χ0v) is 20.8. The van der Waals surface area contributed by atoms with E-state index in [-0.39, 0.29) is 16.6 Å². The highest BCUT2D eigenvalue weighted by Crippen LogP contribution is 2.33. The molecule has 2 aliphatic rings. The van der Waals surface area contributed by atoms with Crippen LogP contribution in [0, 0.1) is 13.8 Å². The van der Waals surface area contributed by atoms with Crippen LogP contribution < -0.4 is 10.2 Å². The van der Waals surface area contributed by atoms with Gasteiger partial charge in [0.15, 0.2) is 0 Å². The Bertz CT molecular complexity index is 1110. The number of hydrogen-bond donors (Lipinski definition) is 1. The third-order valence-corrected chi connectivity index (χ3v) is 9.05. The quantitative estimate of drug-likeness (QED) is 0.598. The Morgan fingerprint density at radius 2 is 1.76 bits per heavy atom. The molecule has 0 aromatic heterocycles. The third kappa shape index (κ3) is 5.71. The van der Waals surface area contributed by atoms with E-state index in [9.17, 15) is 13.2 Å². The Kier molecular flexibility index (Phi) is 7.63. The molecule has 0 atom stereocenters. The van der Waals surface area contributed by atoms with Crippen molar-refractivity contribution in [2.75, 3.05) is 55.4 Å². The number of morpholine rings is 1. The largest absolute Gasteiger partial charge is 0.379 e. The number of rotatable bonds is 7. The number of amides is 1. The van der Waals surface area contributed by atoms with Crippen molar-refractivity contribution in [1.29, 1.82) is 0 Å². The van der Waals surface area contributed by atoms with Crippen LogP contribution in [-0.2, 0) is 19.6 Å². The molecule has 7 nitrogen and oxygen atoms in total. The van der Waals surface area contributed by atoms with Gasteiger partial charge in [-0.05, 0) is 56.5 Å². The Labute approximate surface area is 200 Å². The first-order valence-electron chi connectivity index (χ1n) is 11.3. The van der Waals surface area contributed by atoms with Gasteiger partial charge in [-0.2, -0.15) is 4.31 Å². The molecular weight excluding hydrogens is 458 g/mol. The second-order valence-corrected chi connectivity index (χ2v) is 11.5. The van der Waals surface area contributed by atoms with Crippen molar-refractivity contribution in [2.45, 2.75) is 36.5 Å². The van der Waals surface area contributed by atoms with Gasteiger partial charge in [-0.1, -0.05) is 17.7 Å². The summed E-state index contributed by atoms with van der Waals surface area (Å²) in [4.78, 5) is 16.4. The Morgan fingerprint density at radius 1 is 1.03 bits per heavy atom. The zero-order valence-electron chi connectivity index (χ0n) is 19.2. The van der Waals surface area contributed by atoms with E-state index in [0.717, 1.165) is 47.6 Å². The van der Waals surface area contributed by atoms with Gasteiger partial charge in [0.2, 0.25) is 15.9 Å². The standard InChI is InChI=1S/C24H31N3O4S2/c1-18-5-6-19(2)23(15-18)32-17-24(28)25-21-16-20(7-8-22(21)26-9-3-4-10-26)33(29,30)27-11-13-31-14-12-27/h5-8,15-16H,3-4,9-14,17H2,1-2H3,(H,25,28). The smallest absolute Gasteiger partial charge is 0.243 e. The van der Waals surface area contributed by atoms with E-state index in [4.69, 9.17) is 4.74 Å². The van der Waals surface area contributed by atoms with Gasteiger partial charge in [-0.25, -0.2) is 8.42 Å². The van der Waals surface area contributed by atoms with Crippen molar-refractivity contribution in [1.82, 2.24) is 4.31 Å². The van der Waals surface area contributed by atoms with E-state index in [1.54, 1.807) is 12.1 Å². The van der Waals surface area contributed by atoms with Crippen molar-refractivity contribution in [3.63, 3.8) is 0 Å². The van der Waals surface area contributed by atoms with E-state index < -0.39 is 10.0 Å². The van der Waals surface area contributed by atoms with Gasteiger partial charge >= 0.3 is 0 Å². The second kappa shape index (κ2) is 10.5. The van der Waals surface area contributed by atoms with Crippen molar-refractivity contribution in [3.8, 4) is 0 Å². The van der Waals surface area contributed by atoms with Crippen LogP contribution in [0.15, 0.2) is 46.2 Å². The molecule has 2 aliphatic heterocycles. The van der Waals surface area contributed by atoms with Crippen molar-refractivity contribution >= 4 is 39.1 Å². The highest BCUT2D eigenvalue weighted by Gasteiger charge is 2.28. The topological polar surface area (TPSA) is 79.0 Å². The van der Waals surface area contributed by atoms with Crippen LogP contribution in [-0.4, -0.2) is 63.8 Å². The number of carbonyl (C=O) groups excluding carboxylic acids is 1. The molecule has 1 N–H and O–H groups in total. The summed E-state index contributed by atoms with van der Waals surface area (Å²) in [6.07, 6.45) is 2.17. The second-order valence-electron chi connectivity index (χ2n) is 8.50. The maximum Gasteiger partial charge on any atom is 0.243 e. The number of thioether (sulfide) groups is 1. The Morgan fingerprint density at radius 3 is 2.48 bits per heavy atom. The van der Waals surface area contributed by atoms with Gasteiger partial charge < -0.3 is 15.0 Å². The monoisotopic (exact) mass is 489 g/mol. The highest BCUT2D eigenvalue weighted by molar-refractivity contribution is 8.00. The zero-order chi connectivity index (χ0) is 23.4. The molecule has 2 aromatic rings. The molecule has 178 valence electrons. The molecular formula is C24H31N3O4S2. The summed E-state index contributed by atoms with van der Waals surface area (Å²) in [5.74, 6) is 0.103. The van der Waals surface area contributed by atoms with Crippen LogP contribution in [0.1, 0.15) is 24.0 Å². The Balaban J connectivity index is 1.55. The molecule has 2 aromatic carbocycles. The minimum Gasteiger partial charge on any atom is -0.379 e. The fraction of sp³-hybridized carbons (Fsp3) is 0.458. The fourth-order valence-electron chi connectivity index (χ4n) is 4.14. The van der Waals surface area contributed by atoms with Crippen LogP contribution in [0.3, 0.4) is 0 Å². The first-order chi connectivity index (χ1) is 15.8. The number of anilines is 2. The van der Waals surface area contributed by atoms with Gasteiger partial charge in [-0.3, -0.25) is 4.79 Å². The predicted octanol–water partition coefficient (Wildman–Crippen LogP) is 3.66. The fourth-order valence-corrected chi connectivity index (χ4v) is 6.50. The molecule has 0 bridgehead atoms. The van der Waals surface area contributed by atoms with Gasteiger partial charge in [0.05, 0.1) is 35.2 Å². The predicted molar refractivity (Wildman–Crippen MR) is 133 cm³/mol. The number of nitrogens with zero attached hydrogens (tertiary/aromatic N) is 2. The summed E-state index contributed by atoms with van der Waals surface area (Å²) in [7, 11) is -3.65. The lowest BCUT2D eigenvalue weighted by Crippen LogP contribution is -2.40. The molecule has 2 fully saturated rings. The van der Waals surface area contributed by atoms with Gasteiger partial charge in [0, 0.05) is 31.1 Å². The van der Waals surface area contributed by atoms with Crippen molar-refractivity contribution in [3.05, 3.63) is 47.5 Å². The minimum absolute atomic E-state index is 0.151. The first-order valence-corrected chi connectivity index (χ1v) is 13.7. The van der Waals surface area contributed by atoms with E-state index in [1.165, 1.54) is 16.1 Å². The van der Waals surface area contributed by atoms with E-state index in [2.05, 4.69) is 28.4 Å². The molecule has 33 heavy (non-hydrogen) atoms. The van der Waals surface area contributed by atoms with Crippen LogP contribution >= 0.6 is 11.8 Å². The third-order valence-electron chi connectivity index (χ3n) is 6.00. The number of hydrogen-bond acceptors (Lipinski definition) is 6. The maximum absolute atomic E-state index is 13.2. The number of nitrogens with one attached hydrogen (secondary N) is 1. The molecule has 9 heteroatoms. The van der Waals surface area contributed by atoms with Crippen molar-refractivity contribution in [2.24, 2.45) is 0 Å². The summed E-state index contributed by atoms with van der Waals surface area (Å²) in [6, 6.07) is 11.3. The van der Waals surface area contributed by atoms with Gasteiger partial charge in [0.1, 0.15) is 0 Å². The van der Waals surface area contributed by atoms with Crippen LogP contribution in [0.5, 0.6) is 0 Å². The molecule has 0 aliphatic carbocycles. The lowest BCUT2D eigenvalue weighted by Gasteiger charge is -2.27. The average Bonchev–Trinajstić information content (AvgIpc) is 3.35. The van der Waals surface area contributed by atoms with Gasteiger partial charge in [0.25, 0.3) is 0 Å². The number of aryl methyl sites for hydroxylation is 2. The van der Waals surface area contributed by atoms with E-state index in [1.807, 2.05) is 19.9 Å². The van der Waals surface area contributed by atoms with Crippen LogP contribution in [0.25, 0.3) is 0 Å². The lowest BCUT2D eigenvalue weighted by molar-refractivity contribution is -0.113. The highest BCUT2D eigenvalue weighted by atomic mass is 32.2. The summed E-state index contributed by atoms with van der Waals surface area (Å²) < 4.78 is 33.1. The summed E-state index contributed by atoms with van der Waals surface area (Å²) in [5, 5.41) is 3.00. The maximum atomic E-state index is 13.2. The number of sulfonamides is 1. The van der Waals surface area contributed by atoms with Crippen LogP contribution in [0.4, 0.5) is 11.4 Å². The lowest BCUT2D eigenvalue weighted by atomic mass is 10.2. The molecule has 0 radical (unpaired) electrons.